The van der Waals surface area contributed by atoms with E-state index in [1.807, 2.05) is 41.8 Å². The number of thiazole rings is 1. The van der Waals surface area contributed by atoms with Gasteiger partial charge in [0, 0.05) is 23.7 Å². The van der Waals surface area contributed by atoms with E-state index >= 15 is 0 Å². The predicted octanol–water partition coefficient (Wildman–Crippen LogP) is 3.79. The van der Waals surface area contributed by atoms with Crippen molar-refractivity contribution in [2.75, 3.05) is 31.8 Å². The second-order valence-corrected chi connectivity index (χ2v) is 8.88. The van der Waals surface area contributed by atoms with Crippen LogP contribution in [0.3, 0.4) is 0 Å². The van der Waals surface area contributed by atoms with Gasteiger partial charge >= 0.3 is 0 Å². The summed E-state index contributed by atoms with van der Waals surface area (Å²) in [5, 5.41) is 7.60. The molecule has 32 heavy (non-hydrogen) atoms. The first-order chi connectivity index (χ1) is 15.6. The summed E-state index contributed by atoms with van der Waals surface area (Å²) in [7, 11) is 3.21. The minimum Gasteiger partial charge on any atom is -0.497 e. The summed E-state index contributed by atoms with van der Waals surface area (Å²) in [5.41, 5.74) is 2.48. The van der Waals surface area contributed by atoms with Crippen LogP contribution in [0.15, 0.2) is 58.3 Å². The monoisotopic (exact) mass is 471 g/mol. The number of ether oxygens (including phenoxy) is 2. The molecule has 1 heterocycles. The maximum Gasteiger partial charge on any atom is 0.234 e. The van der Waals surface area contributed by atoms with Gasteiger partial charge in [0.2, 0.25) is 11.8 Å². The van der Waals surface area contributed by atoms with Crippen molar-refractivity contribution in [1.29, 1.82) is 0 Å². The molecule has 168 valence electrons. The van der Waals surface area contributed by atoms with Gasteiger partial charge in [0.1, 0.15) is 11.5 Å². The van der Waals surface area contributed by atoms with E-state index in [4.69, 9.17) is 9.47 Å². The average molecular weight is 472 g/mol. The molecule has 0 saturated heterocycles. The minimum atomic E-state index is -0.129. The second kappa shape index (κ2) is 12.1. The maximum absolute atomic E-state index is 12.2. The van der Waals surface area contributed by atoms with Crippen LogP contribution < -0.4 is 20.1 Å². The number of aromatic nitrogens is 1. The average Bonchev–Trinajstić information content (AvgIpc) is 3.25. The first kappa shape index (κ1) is 23.6. The standard InChI is InChI=1S/C23H25N3O4S2/c1-29-19-7-3-5-16(11-19)9-10-24-21(27)13-18-14-31-23(26-18)32-15-22(28)25-17-6-4-8-20(12-17)30-2/h3-8,11-12,14H,9-10,13,15H2,1-2H3,(H,24,27)(H,25,28). The molecule has 0 atom stereocenters. The maximum atomic E-state index is 12.2. The fourth-order valence-corrected chi connectivity index (χ4v) is 4.51. The molecule has 0 bridgehead atoms. The van der Waals surface area contributed by atoms with Crippen LogP contribution in [0.4, 0.5) is 5.69 Å². The number of carbonyl (C=O) groups is 2. The van der Waals surface area contributed by atoms with Crippen LogP contribution in [0.5, 0.6) is 11.5 Å². The fraction of sp³-hybridized carbons (Fsp3) is 0.261. The van der Waals surface area contributed by atoms with Crippen molar-refractivity contribution in [2.24, 2.45) is 0 Å². The van der Waals surface area contributed by atoms with Gasteiger partial charge in [-0.05, 0) is 36.2 Å². The van der Waals surface area contributed by atoms with Gasteiger partial charge in [0.05, 0.1) is 32.1 Å². The predicted molar refractivity (Wildman–Crippen MR) is 128 cm³/mol. The van der Waals surface area contributed by atoms with E-state index in [1.54, 1.807) is 26.4 Å². The lowest BCUT2D eigenvalue weighted by Crippen LogP contribution is -2.27. The van der Waals surface area contributed by atoms with E-state index < -0.39 is 0 Å². The van der Waals surface area contributed by atoms with Crippen molar-refractivity contribution in [3.05, 3.63) is 65.2 Å². The number of nitrogens with zero attached hydrogens (tertiary/aromatic N) is 1. The topological polar surface area (TPSA) is 89.5 Å². The van der Waals surface area contributed by atoms with Gasteiger partial charge in [-0.3, -0.25) is 9.59 Å². The van der Waals surface area contributed by atoms with Crippen molar-refractivity contribution < 1.29 is 19.1 Å². The first-order valence-corrected chi connectivity index (χ1v) is 11.8. The Morgan fingerprint density at radius 1 is 1.03 bits per heavy atom. The lowest BCUT2D eigenvalue weighted by Gasteiger charge is -2.06. The van der Waals surface area contributed by atoms with Gasteiger partial charge in [-0.25, -0.2) is 4.98 Å². The third-order valence-corrected chi connectivity index (χ3v) is 6.49. The van der Waals surface area contributed by atoms with Gasteiger partial charge in [-0.15, -0.1) is 11.3 Å². The number of benzene rings is 2. The molecular weight excluding hydrogens is 446 g/mol. The van der Waals surface area contributed by atoms with E-state index in [0.717, 1.165) is 22.1 Å². The molecule has 1 aromatic heterocycles. The number of thioether (sulfide) groups is 1. The largest absolute Gasteiger partial charge is 0.497 e. The summed E-state index contributed by atoms with van der Waals surface area (Å²) in [6.45, 7) is 0.544. The van der Waals surface area contributed by atoms with Crippen LogP contribution in [-0.4, -0.2) is 43.3 Å². The van der Waals surface area contributed by atoms with E-state index in [2.05, 4.69) is 15.6 Å². The summed E-state index contributed by atoms with van der Waals surface area (Å²) in [6, 6.07) is 15.0. The molecule has 3 aromatic rings. The molecule has 0 spiro atoms. The summed E-state index contributed by atoms with van der Waals surface area (Å²) in [4.78, 5) is 28.8. The highest BCUT2D eigenvalue weighted by molar-refractivity contribution is 8.01. The first-order valence-electron chi connectivity index (χ1n) is 9.96. The van der Waals surface area contributed by atoms with Crippen LogP contribution in [-0.2, 0) is 22.4 Å². The van der Waals surface area contributed by atoms with Crippen molar-refractivity contribution >= 4 is 40.6 Å². The lowest BCUT2D eigenvalue weighted by atomic mass is 10.1. The van der Waals surface area contributed by atoms with Crippen LogP contribution in [0.25, 0.3) is 0 Å². The second-order valence-electron chi connectivity index (χ2n) is 6.80. The van der Waals surface area contributed by atoms with Crippen LogP contribution >= 0.6 is 23.1 Å². The highest BCUT2D eigenvalue weighted by Gasteiger charge is 2.10. The Hall–Kier alpha value is -3.04. The Morgan fingerprint density at radius 2 is 1.78 bits per heavy atom. The molecule has 9 heteroatoms. The van der Waals surface area contributed by atoms with E-state index in [1.165, 1.54) is 23.1 Å². The molecule has 0 radical (unpaired) electrons. The Morgan fingerprint density at radius 3 is 2.56 bits per heavy atom. The summed E-state index contributed by atoms with van der Waals surface area (Å²) >= 11 is 2.77. The Bertz CT molecular complexity index is 1050. The Labute approximate surface area is 195 Å². The number of hydrogen-bond acceptors (Lipinski definition) is 7. The third-order valence-electron chi connectivity index (χ3n) is 4.42. The number of hydrogen-bond donors (Lipinski definition) is 2. The van der Waals surface area contributed by atoms with E-state index in [0.29, 0.717) is 23.7 Å². The van der Waals surface area contributed by atoms with Crippen LogP contribution in [0.1, 0.15) is 11.3 Å². The summed E-state index contributed by atoms with van der Waals surface area (Å²) < 4.78 is 11.1. The molecule has 0 aliphatic rings. The third kappa shape index (κ3) is 7.58. The quantitative estimate of drug-likeness (QED) is 0.414. The van der Waals surface area contributed by atoms with Crippen molar-refractivity contribution in [3.8, 4) is 11.5 Å². The molecule has 0 saturated carbocycles. The van der Waals surface area contributed by atoms with Gasteiger partial charge in [-0.1, -0.05) is 30.0 Å². The SMILES string of the molecule is COc1cccc(CCNC(=O)Cc2csc(SCC(=O)Nc3cccc(OC)c3)n2)c1. The smallest absolute Gasteiger partial charge is 0.234 e. The minimum absolute atomic E-state index is 0.0782. The zero-order valence-electron chi connectivity index (χ0n) is 17.9. The molecule has 3 rings (SSSR count). The van der Waals surface area contributed by atoms with E-state index in [-0.39, 0.29) is 24.0 Å². The Kier molecular flexibility index (Phi) is 8.94. The molecule has 0 fully saturated rings. The number of anilines is 1. The van der Waals surface area contributed by atoms with Crippen molar-refractivity contribution in [1.82, 2.24) is 10.3 Å². The molecule has 2 N–H and O–H groups in total. The molecular formula is C23H25N3O4S2. The summed E-state index contributed by atoms with van der Waals surface area (Å²) in [5.74, 6) is 1.51. The number of methoxy groups -OCH3 is 2. The van der Waals surface area contributed by atoms with Gasteiger partial charge < -0.3 is 20.1 Å². The zero-order chi connectivity index (χ0) is 22.8. The fourth-order valence-electron chi connectivity index (χ4n) is 2.86. The molecule has 7 nitrogen and oxygen atoms in total. The number of nitrogens with one attached hydrogen (secondary N) is 2. The van der Waals surface area contributed by atoms with Gasteiger partial charge in [0.25, 0.3) is 0 Å². The lowest BCUT2D eigenvalue weighted by molar-refractivity contribution is -0.120. The van der Waals surface area contributed by atoms with Gasteiger partial charge in [0.15, 0.2) is 4.34 Å². The van der Waals surface area contributed by atoms with E-state index in [9.17, 15) is 9.59 Å². The highest BCUT2D eigenvalue weighted by atomic mass is 32.2. The molecule has 0 aliphatic carbocycles. The molecule has 2 amide bonds. The Balaban J connectivity index is 1.39. The van der Waals surface area contributed by atoms with Crippen molar-refractivity contribution in [2.45, 2.75) is 17.2 Å². The number of rotatable bonds is 11. The molecule has 0 aliphatic heterocycles. The summed E-state index contributed by atoms with van der Waals surface area (Å²) in [6.07, 6.45) is 0.939. The van der Waals surface area contributed by atoms with Crippen molar-refractivity contribution in [3.63, 3.8) is 0 Å². The normalized spacial score (nSPS) is 10.4. The van der Waals surface area contributed by atoms with Crippen LogP contribution in [0.2, 0.25) is 0 Å². The molecule has 0 unspecified atom stereocenters. The highest BCUT2D eigenvalue weighted by Crippen LogP contribution is 2.23. The van der Waals surface area contributed by atoms with Gasteiger partial charge in [-0.2, -0.15) is 0 Å². The zero-order valence-corrected chi connectivity index (χ0v) is 19.6. The van der Waals surface area contributed by atoms with Crippen LogP contribution in [0, 0.1) is 0 Å². The number of carbonyl (C=O) groups excluding carboxylic acids is 2. The number of amides is 2. The molecule has 2 aromatic carbocycles.